The summed E-state index contributed by atoms with van der Waals surface area (Å²) in [6, 6.07) is 0. The Morgan fingerprint density at radius 3 is 2.95 bits per heavy atom. The van der Waals surface area contributed by atoms with Crippen molar-refractivity contribution < 1.29 is 4.74 Å². The zero-order valence-electron chi connectivity index (χ0n) is 12.2. The van der Waals surface area contributed by atoms with Crippen LogP contribution in [-0.4, -0.2) is 29.6 Å². The van der Waals surface area contributed by atoms with Gasteiger partial charge in [0.25, 0.3) is 0 Å². The summed E-state index contributed by atoms with van der Waals surface area (Å²) in [6.45, 7) is 6.04. The molecule has 0 bridgehead atoms. The molecule has 0 saturated carbocycles. The first kappa shape index (κ1) is 14.7. The first-order valence-electron chi connectivity index (χ1n) is 7.03. The van der Waals surface area contributed by atoms with Gasteiger partial charge in [-0.1, -0.05) is 6.42 Å². The molecule has 1 saturated heterocycles. The zero-order chi connectivity index (χ0) is 13.7. The Morgan fingerprint density at radius 2 is 2.26 bits per heavy atom. The molecule has 1 aliphatic heterocycles. The molecule has 0 spiro atoms. The highest BCUT2D eigenvalue weighted by atomic mass is 32.2. The van der Waals surface area contributed by atoms with Crippen molar-refractivity contribution in [1.29, 1.82) is 0 Å². The lowest BCUT2D eigenvalue weighted by molar-refractivity contribution is 0.406. The number of nitrogens with one attached hydrogen (secondary N) is 1. The minimum atomic E-state index is 0.779. The fourth-order valence-corrected chi connectivity index (χ4v) is 3.84. The molecule has 1 N–H and O–H groups in total. The Balaban J connectivity index is 1.88. The van der Waals surface area contributed by atoms with E-state index in [1.807, 2.05) is 13.1 Å². The number of rotatable bonds is 5. The van der Waals surface area contributed by atoms with Crippen LogP contribution in [0.4, 0.5) is 0 Å². The molecule has 1 aromatic heterocycles. The van der Waals surface area contributed by atoms with Gasteiger partial charge in [0.1, 0.15) is 5.75 Å². The number of thioether (sulfide) groups is 1. The van der Waals surface area contributed by atoms with E-state index in [4.69, 9.17) is 4.74 Å². The average Bonchev–Trinajstić information content (AvgIpc) is 2.43. The van der Waals surface area contributed by atoms with E-state index in [2.05, 4.69) is 29.0 Å². The van der Waals surface area contributed by atoms with Crippen molar-refractivity contribution in [2.45, 2.75) is 44.9 Å². The number of hydrogen-bond donors (Lipinski definition) is 1. The minimum Gasteiger partial charge on any atom is -0.496 e. The second-order valence-electron chi connectivity index (χ2n) is 5.17. The number of aryl methyl sites for hydroxylation is 1. The maximum atomic E-state index is 5.44. The quantitative estimate of drug-likeness (QED) is 0.899. The molecule has 2 heterocycles. The molecule has 0 aromatic carbocycles. The summed E-state index contributed by atoms with van der Waals surface area (Å²) in [4.78, 5) is 4.52. The number of pyridine rings is 1. The monoisotopic (exact) mass is 280 g/mol. The largest absolute Gasteiger partial charge is 0.496 e. The third kappa shape index (κ3) is 3.86. The molecule has 1 atom stereocenters. The number of methoxy groups -OCH3 is 1. The van der Waals surface area contributed by atoms with E-state index in [9.17, 15) is 0 Å². The normalized spacial score (nSPS) is 19.4. The van der Waals surface area contributed by atoms with E-state index < -0.39 is 0 Å². The highest BCUT2D eigenvalue weighted by Gasteiger charge is 2.14. The summed E-state index contributed by atoms with van der Waals surface area (Å²) in [5.41, 5.74) is 3.36. The Hall–Kier alpha value is -0.740. The number of hydrogen-bond acceptors (Lipinski definition) is 4. The van der Waals surface area contributed by atoms with Gasteiger partial charge in [0.15, 0.2) is 0 Å². The Bertz CT molecular complexity index is 417. The summed E-state index contributed by atoms with van der Waals surface area (Å²) >= 11 is 2.11. The Morgan fingerprint density at radius 1 is 1.42 bits per heavy atom. The molecule has 3 nitrogen and oxygen atoms in total. The molecule has 1 aromatic rings. The predicted octanol–water partition coefficient (Wildman–Crippen LogP) is 3.08. The standard InChI is InChI=1S/C15H24N2OS/c1-11-8-17-14(12(2)15(11)18-3)10-16-9-13-6-4-5-7-19-13/h8,13,16H,4-7,9-10H2,1-3H3. The van der Waals surface area contributed by atoms with Gasteiger partial charge in [-0.25, -0.2) is 0 Å². The van der Waals surface area contributed by atoms with Gasteiger partial charge in [-0.3, -0.25) is 4.98 Å². The Kier molecular flexibility index (Phi) is 5.52. The first-order chi connectivity index (χ1) is 9.22. The van der Waals surface area contributed by atoms with Crippen LogP contribution in [0.1, 0.15) is 36.1 Å². The maximum absolute atomic E-state index is 5.44. The highest BCUT2D eigenvalue weighted by molar-refractivity contribution is 7.99. The van der Waals surface area contributed by atoms with Gasteiger partial charge in [-0.15, -0.1) is 0 Å². The van der Waals surface area contributed by atoms with Crippen molar-refractivity contribution in [3.05, 3.63) is 23.0 Å². The van der Waals surface area contributed by atoms with Crippen LogP contribution in [0.3, 0.4) is 0 Å². The van der Waals surface area contributed by atoms with Crippen LogP contribution < -0.4 is 10.1 Å². The zero-order valence-corrected chi connectivity index (χ0v) is 13.0. The maximum Gasteiger partial charge on any atom is 0.128 e. The molecule has 1 unspecified atom stereocenters. The number of nitrogens with zero attached hydrogens (tertiary/aromatic N) is 1. The molecule has 0 radical (unpaired) electrons. The summed E-state index contributed by atoms with van der Waals surface area (Å²) in [5.74, 6) is 2.29. The van der Waals surface area contributed by atoms with Crippen LogP contribution in [0.15, 0.2) is 6.20 Å². The van der Waals surface area contributed by atoms with Crippen molar-refractivity contribution in [3.8, 4) is 5.75 Å². The summed E-state index contributed by atoms with van der Waals surface area (Å²) in [6.07, 6.45) is 6.02. The van der Waals surface area contributed by atoms with Crippen molar-refractivity contribution in [2.24, 2.45) is 0 Å². The fraction of sp³-hybridized carbons (Fsp3) is 0.667. The number of ether oxygens (including phenoxy) is 1. The van der Waals surface area contributed by atoms with E-state index in [0.717, 1.165) is 40.9 Å². The van der Waals surface area contributed by atoms with Crippen molar-refractivity contribution in [2.75, 3.05) is 19.4 Å². The van der Waals surface area contributed by atoms with Gasteiger partial charge in [-0.2, -0.15) is 11.8 Å². The van der Waals surface area contributed by atoms with Gasteiger partial charge in [-0.05, 0) is 32.4 Å². The lowest BCUT2D eigenvalue weighted by Crippen LogP contribution is -2.27. The third-order valence-corrected chi connectivity index (χ3v) is 5.09. The molecule has 0 aliphatic carbocycles. The predicted molar refractivity (Wildman–Crippen MR) is 82.1 cm³/mol. The number of aromatic nitrogens is 1. The molecule has 1 fully saturated rings. The van der Waals surface area contributed by atoms with Crippen molar-refractivity contribution >= 4 is 11.8 Å². The van der Waals surface area contributed by atoms with Gasteiger partial charge in [0, 0.05) is 35.7 Å². The molecule has 106 valence electrons. The second-order valence-corrected chi connectivity index (χ2v) is 6.57. The van der Waals surface area contributed by atoms with Crippen molar-refractivity contribution in [1.82, 2.24) is 10.3 Å². The molecule has 19 heavy (non-hydrogen) atoms. The van der Waals surface area contributed by atoms with E-state index in [-0.39, 0.29) is 0 Å². The fourth-order valence-electron chi connectivity index (χ4n) is 2.57. The molecule has 2 rings (SSSR count). The lowest BCUT2D eigenvalue weighted by Gasteiger charge is -2.21. The minimum absolute atomic E-state index is 0.779. The van der Waals surface area contributed by atoms with Crippen LogP contribution in [0.2, 0.25) is 0 Å². The lowest BCUT2D eigenvalue weighted by atomic mass is 10.1. The van der Waals surface area contributed by atoms with E-state index in [0.29, 0.717) is 0 Å². The highest BCUT2D eigenvalue weighted by Crippen LogP contribution is 2.25. The van der Waals surface area contributed by atoms with Crippen LogP contribution in [0.5, 0.6) is 5.75 Å². The van der Waals surface area contributed by atoms with E-state index in [1.54, 1.807) is 7.11 Å². The third-order valence-electron chi connectivity index (χ3n) is 3.69. The van der Waals surface area contributed by atoms with Gasteiger partial charge < -0.3 is 10.1 Å². The van der Waals surface area contributed by atoms with Crippen molar-refractivity contribution in [3.63, 3.8) is 0 Å². The van der Waals surface area contributed by atoms with Crippen LogP contribution in [-0.2, 0) is 6.54 Å². The summed E-state index contributed by atoms with van der Waals surface area (Å²) < 4.78 is 5.44. The smallest absolute Gasteiger partial charge is 0.128 e. The topological polar surface area (TPSA) is 34.1 Å². The van der Waals surface area contributed by atoms with E-state index >= 15 is 0 Å². The van der Waals surface area contributed by atoms with Gasteiger partial charge >= 0.3 is 0 Å². The summed E-state index contributed by atoms with van der Waals surface area (Å²) in [7, 11) is 1.73. The molecule has 4 heteroatoms. The van der Waals surface area contributed by atoms with Gasteiger partial charge in [0.2, 0.25) is 0 Å². The summed E-state index contributed by atoms with van der Waals surface area (Å²) in [5, 5.41) is 4.32. The Labute approximate surface area is 120 Å². The van der Waals surface area contributed by atoms with Gasteiger partial charge in [0.05, 0.1) is 12.8 Å². The molecular formula is C15H24N2OS. The second kappa shape index (κ2) is 7.15. The van der Waals surface area contributed by atoms with Crippen LogP contribution in [0, 0.1) is 13.8 Å². The van der Waals surface area contributed by atoms with Crippen LogP contribution >= 0.6 is 11.8 Å². The average molecular weight is 280 g/mol. The first-order valence-corrected chi connectivity index (χ1v) is 8.08. The molecule has 1 aliphatic rings. The van der Waals surface area contributed by atoms with Crippen LogP contribution in [0.25, 0.3) is 0 Å². The van der Waals surface area contributed by atoms with E-state index in [1.165, 1.54) is 25.0 Å². The molecule has 0 amide bonds. The SMILES string of the molecule is COc1c(C)cnc(CNCC2CCCCS2)c1C. The molecular weight excluding hydrogens is 256 g/mol.